The second kappa shape index (κ2) is 11.0. The van der Waals surface area contributed by atoms with E-state index in [2.05, 4.69) is 31.9 Å². The highest BCUT2D eigenvalue weighted by molar-refractivity contribution is 9.10. The summed E-state index contributed by atoms with van der Waals surface area (Å²) in [5, 5.41) is 8.47. The van der Waals surface area contributed by atoms with Gasteiger partial charge in [-0.1, -0.05) is 41.1 Å². The molecule has 1 aliphatic rings. The van der Waals surface area contributed by atoms with Gasteiger partial charge in [0.15, 0.2) is 0 Å². The smallest absolute Gasteiger partial charge is 0.338 e. The molecule has 0 aliphatic carbocycles. The van der Waals surface area contributed by atoms with Gasteiger partial charge in [-0.2, -0.15) is 0 Å². The molecule has 1 atom stereocenters. The van der Waals surface area contributed by atoms with Crippen LogP contribution in [-0.2, 0) is 9.53 Å². The van der Waals surface area contributed by atoms with Crippen LogP contribution >= 0.6 is 15.9 Å². The number of hydrogen-bond donors (Lipinski definition) is 3. The van der Waals surface area contributed by atoms with E-state index >= 15 is 0 Å². The van der Waals surface area contributed by atoms with Crippen LogP contribution in [0.5, 0.6) is 0 Å². The van der Waals surface area contributed by atoms with Gasteiger partial charge >= 0.3 is 18.0 Å². The zero-order chi connectivity index (χ0) is 24.0. The van der Waals surface area contributed by atoms with Crippen LogP contribution in [0.25, 0.3) is 0 Å². The molecule has 1 aliphatic heterocycles. The van der Waals surface area contributed by atoms with Gasteiger partial charge in [0.05, 0.1) is 18.2 Å². The summed E-state index contributed by atoms with van der Waals surface area (Å²) < 4.78 is 6.13. The highest BCUT2D eigenvalue weighted by atomic mass is 79.9. The van der Waals surface area contributed by atoms with Gasteiger partial charge in [0.2, 0.25) is 0 Å². The van der Waals surface area contributed by atoms with Gasteiger partial charge < -0.3 is 20.7 Å². The number of urea groups is 2. The first-order valence-electron chi connectivity index (χ1n) is 10.7. The maximum atomic E-state index is 12.8. The molecule has 0 saturated carbocycles. The van der Waals surface area contributed by atoms with E-state index in [0.717, 1.165) is 10.9 Å². The van der Waals surface area contributed by atoms with Crippen LogP contribution < -0.4 is 16.0 Å². The van der Waals surface area contributed by atoms with Crippen LogP contribution in [0.2, 0.25) is 0 Å². The van der Waals surface area contributed by atoms with Crippen molar-refractivity contribution in [2.45, 2.75) is 33.2 Å². The van der Waals surface area contributed by atoms with E-state index in [9.17, 15) is 14.4 Å². The third-order valence-corrected chi connectivity index (χ3v) is 5.59. The number of anilines is 2. The number of amides is 4. The molecule has 0 fully saturated rings. The monoisotopic (exact) mass is 514 g/mol. The SMILES string of the molecule is CCCN1C(=O)NC(c2cccc(NC(=O)Nc3cccc(Br)c3)c2)C(C(=O)OCC)=C1C. The summed E-state index contributed by atoms with van der Waals surface area (Å²) in [6.45, 7) is 6.17. The molecule has 33 heavy (non-hydrogen) atoms. The molecule has 4 amide bonds. The minimum absolute atomic E-state index is 0.224. The molecule has 3 N–H and O–H groups in total. The summed E-state index contributed by atoms with van der Waals surface area (Å²) in [4.78, 5) is 39.6. The summed E-state index contributed by atoms with van der Waals surface area (Å²) in [5.74, 6) is -0.480. The number of carbonyl (C=O) groups is 3. The van der Waals surface area contributed by atoms with Crippen LogP contribution in [0, 0.1) is 0 Å². The Morgan fingerprint density at radius 2 is 1.76 bits per heavy atom. The number of carbonyl (C=O) groups excluding carboxylic acids is 3. The van der Waals surface area contributed by atoms with Gasteiger partial charge in [-0.3, -0.25) is 4.90 Å². The van der Waals surface area contributed by atoms with Gasteiger partial charge in [0.1, 0.15) is 0 Å². The van der Waals surface area contributed by atoms with Crippen LogP contribution in [0.4, 0.5) is 21.0 Å². The Hall–Kier alpha value is -3.33. The molecule has 8 nitrogen and oxygen atoms in total. The van der Waals surface area contributed by atoms with Crippen molar-refractivity contribution in [1.82, 2.24) is 10.2 Å². The molecule has 0 saturated heterocycles. The highest BCUT2D eigenvalue weighted by Crippen LogP contribution is 2.32. The lowest BCUT2D eigenvalue weighted by Crippen LogP contribution is -2.48. The molecule has 2 aromatic carbocycles. The maximum Gasteiger partial charge on any atom is 0.338 e. The first kappa shape index (κ1) is 24.3. The molecule has 0 radical (unpaired) electrons. The standard InChI is InChI=1S/C24H27BrN4O4/c1-4-12-29-15(3)20(22(30)33-5-2)21(28-24(29)32)16-8-6-10-18(13-16)26-23(31)27-19-11-7-9-17(25)14-19/h6-11,13-14,21H,4-5,12H2,1-3H3,(H,28,32)(H2,26,27,31). The van der Waals surface area contributed by atoms with Gasteiger partial charge in [0, 0.05) is 28.1 Å². The number of esters is 1. The molecule has 9 heteroatoms. The molecule has 2 aromatic rings. The van der Waals surface area contributed by atoms with Crippen LogP contribution in [0.15, 0.2) is 64.3 Å². The Morgan fingerprint density at radius 1 is 1.09 bits per heavy atom. The van der Waals surface area contributed by atoms with E-state index < -0.39 is 18.0 Å². The Bertz CT molecular complexity index is 1090. The average molecular weight is 515 g/mol. The fraction of sp³-hybridized carbons (Fsp3) is 0.292. The summed E-state index contributed by atoms with van der Waals surface area (Å²) in [5.41, 5.74) is 2.75. The fourth-order valence-corrected chi connectivity index (χ4v) is 4.05. The Morgan fingerprint density at radius 3 is 2.39 bits per heavy atom. The number of ether oxygens (including phenoxy) is 1. The van der Waals surface area contributed by atoms with E-state index in [1.807, 2.05) is 19.1 Å². The lowest BCUT2D eigenvalue weighted by Gasteiger charge is -2.35. The van der Waals surface area contributed by atoms with Gasteiger partial charge in [-0.25, -0.2) is 14.4 Å². The number of rotatable bonds is 7. The molecule has 1 heterocycles. The van der Waals surface area contributed by atoms with E-state index in [4.69, 9.17) is 4.74 Å². The quantitative estimate of drug-likeness (QED) is 0.430. The normalized spacial score (nSPS) is 15.7. The van der Waals surface area contributed by atoms with Gasteiger partial charge in [0.25, 0.3) is 0 Å². The minimum Gasteiger partial charge on any atom is -0.463 e. The molecule has 1 unspecified atom stereocenters. The number of hydrogen-bond acceptors (Lipinski definition) is 4. The maximum absolute atomic E-state index is 12.8. The Kier molecular flexibility index (Phi) is 8.11. The number of nitrogens with one attached hydrogen (secondary N) is 3. The number of allylic oxidation sites excluding steroid dienone is 1. The van der Waals surface area contributed by atoms with Crippen molar-refractivity contribution < 1.29 is 19.1 Å². The molecule has 0 aromatic heterocycles. The first-order chi connectivity index (χ1) is 15.8. The van der Waals surface area contributed by atoms with E-state index in [-0.39, 0.29) is 12.6 Å². The van der Waals surface area contributed by atoms with Crippen molar-refractivity contribution in [2.24, 2.45) is 0 Å². The predicted octanol–water partition coefficient (Wildman–Crippen LogP) is 5.41. The summed E-state index contributed by atoms with van der Waals surface area (Å²) in [6, 6.07) is 12.9. The Balaban J connectivity index is 1.86. The average Bonchev–Trinajstić information content (AvgIpc) is 2.76. The van der Waals surface area contributed by atoms with Crippen molar-refractivity contribution in [2.75, 3.05) is 23.8 Å². The molecule has 3 rings (SSSR count). The lowest BCUT2D eigenvalue weighted by molar-refractivity contribution is -0.139. The number of nitrogens with zero attached hydrogens (tertiary/aromatic N) is 1. The van der Waals surface area contributed by atoms with Crippen molar-refractivity contribution in [3.63, 3.8) is 0 Å². The van der Waals surface area contributed by atoms with E-state index in [0.29, 0.717) is 34.8 Å². The summed E-state index contributed by atoms with van der Waals surface area (Å²) in [6.07, 6.45) is 0.748. The largest absolute Gasteiger partial charge is 0.463 e. The predicted molar refractivity (Wildman–Crippen MR) is 131 cm³/mol. The van der Waals surface area contributed by atoms with Crippen LogP contribution in [0.1, 0.15) is 38.8 Å². The van der Waals surface area contributed by atoms with E-state index in [1.165, 1.54) is 0 Å². The third-order valence-electron chi connectivity index (χ3n) is 5.10. The number of halogens is 1. The van der Waals surface area contributed by atoms with E-state index in [1.54, 1.807) is 55.1 Å². The first-order valence-corrected chi connectivity index (χ1v) is 11.5. The summed E-state index contributed by atoms with van der Waals surface area (Å²) in [7, 11) is 0. The van der Waals surface area contributed by atoms with Crippen molar-refractivity contribution >= 4 is 45.3 Å². The second-order valence-electron chi connectivity index (χ2n) is 7.47. The lowest BCUT2D eigenvalue weighted by atomic mass is 9.94. The highest BCUT2D eigenvalue weighted by Gasteiger charge is 2.36. The van der Waals surface area contributed by atoms with Crippen molar-refractivity contribution in [3.05, 3.63) is 69.8 Å². The fourth-order valence-electron chi connectivity index (χ4n) is 3.65. The van der Waals surface area contributed by atoms with Gasteiger partial charge in [-0.05, 0) is 56.2 Å². The van der Waals surface area contributed by atoms with Crippen molar-refractivity contribution in [1.29, 1.82) is 0 Å². The molecule has 174 valence electrons. The van der Waals surface area contributed by atoms with Crippen LogP contribution in [0.3, 0.4) is 0 Å². The van der Waals surface area contributed by atoms with Crippen LogP contribution in [-0.4, -0.2) is 36.1 Å². The molecular weight excluding hydrogens is 488 g/mol. The van der Waals surface area contributed by atoms with Crippen molar-refractivity contribution in [3.8, 4) is 0 Å². The molecule has 0 bridgehead atoms. The zero-order valence-corrected chi connectivity index (χ0v) is 20.4. The third kappa shape index (κ3) is 5.92. The number of benzene rings is 2. The molecular formula is C24H27BrN4O4. The topological polar surface area (TPSA) is 99.8 Å². The second-order valence-corrected chi connectivity index (χ2v) is 8.38. The summed E-state index contributed by atoms with van der Waals surface area (Å²) >= 11 is 3.37. The molecule has 0 spiro atoms. The Labute approximate surface area is 201 Å². The zero-order valence-electron chi connectivity index (χ0n) is 18.8. The minimum atomic E-state index is -0.695. The van der Waals surface area contributed by atoms with Gasteiger partial charge in [-0.15, -0.1) is 0 Å².